The van der Waals surface area contributed by atoms with Gasteiger partial charge >= 0.3 is 0 Å². The molecule has 6 heterocycles. The van der Waals surface area contributed by atoms with Crippen LogP contribution in [0.25, 0.3) is 39.2 Å². The molecule has 1 fully saturated rings. The van der Waals surface area contributed by atoms with Gasteiger partial charge in [-0.25, -0.2) is 9.97 Å². The Morgan fingerprint density at radius 1 is 0.933 bits per heavy atom. The Morgan fingerprint density at radius 2 is 1.87 bits per heavy atom. The van der Waals surface area contributed by atoms with Crippen LogP contribution in [-0.2, 0) is 0 Å². The van der Waals surface area contributed by atoms with Gasteiger partial charge in [-0.05, 0) is 49.9 Å². The van der Waals surface area contributed by atoms with E-state index in [4.69, 9.17) is 9.97 Å². The van der Waals surface area contributed by atoms with Crippen LogP contribution in [0.15, 0.2) is 30.6 Å². The molecule has 0 aromatic carbocycles. The van der Waals surface area contributed by atoms with Crippen molar-refractivity contribution < 1.29 is 0 Å². The lowest BCUT2D eigenvalue weighted by molar-refractivity contribution is 0.578. The summed E-state index contributed by atoms with van der Waals surface area (Å²) in [5.41, 5.74) is 7.79. The molecule has 0 spiro atoms. The summed E-state index contributed by atoms with van der Waals surface area (Å²) in [6.45, 7) is 4.00. The zero-order valence-corrected chi connectivity index (χ0v) is 16.8. The Morgan fingerprint density at radius 3 is 2.73 bits per heavy atom. The van der Waals surface area contributed by atoms with E-state index in [0.717, 1.165) is 77.6 Å². The van der Waals surface area contributed by atoms with Crippen LogP contribution in [0.1, 0.15) is 31.4 Å². The first-order valence-corrected chi connectivity index (χ1v) is 10.7. The van der Waals surface area contributed by atoms with Crippen LogP contribution in [0.2, 0.25) is 0 Å². The molecule has 0 radical (unpaired) electrons. The van der Waals surface area contributed by atoms with Crippen molar-refractivity contribution in [2.45, 2.75) is 25.7 Å². The van der Waals surface area contributed by atoms with Gasteiger partial charge in [-0.15, -0.1) is 0 Å². The maximum absolute atomic E-state index is 4.94. The average Bonchev–Trinajstić information content (AvgIpc) is 3.43. The van der Waals surface area contributed by atoms with Gasteiger partial charge in [0.15, 0.2) is 11.5 Å². The quantitative estimate of drug-likeness (QED) is 0.488. The lowest BCUT2D eigenvalue weighted by atomic mass is 10.1. The van der Waals surface area contributed by atoms with Crippen molar-refractivity contribution in [3.8, 4) is 11.5 Å². The largest absolute Gasteiger partial charge is 0.368 e. The molecule has 0 amide bonds. The highest BCUT2D eigenvalue weighted by atomic mass is 15.2. The van der Waals surface area contributed by atoms with Crippen LogP contribution in [0.5, 0.6) is 0 Å². The second kappa shape index (κ2) is 7.21. The summed E-state index contributed by atoms with van der Waals surface area (Å²) in [6, 6.07) is 4.12. The van der Waals surface area contributed by atoms with E-state index in [-0.39, 0.29) is 0 Å². The van der Waals surface area contributed by atoms with Crippen molar-refractivity contribution in [1.29, 1.82) is 0 Å². The molecule has 4 aromatic heterocycles. The van der Waals surface area contributed by atoms with E-state index in [1.165, 1.54) is 24.8 Å². The van der Waals surface area contributed by atoms with Gasteiger partial charge in [0, 0.05) is 19.6 Å². The van der Waals surface area contributed by atoms with Crippen LogP contribution >= 0.6 is 0 Å². The maximum Gasteiger partial charge on any atom is 0.161 e. The highest BCUT2D eigenvalue weighted by Gasteiger charge is 2.20. The van der Waals surface area contributed by atoms with E-state index in [0.29, 0.717) is 0 Å². The number of piperidine rings is 1. The second-order valence-corrected chi connectivity index (χ2v) is 8.04. The van der Waals surface area contributed by atoms with Gasteiger partial charge in [0.05, 0.1) is 34.8 Å². The fourth-order valence-electron chi connectivity index (χ4n) is 4.50. The number of H-pyrrole nitrogens is 2. The Bertz CT molecular complexity index is 1240. The third-order valence-corrected chi connectivity index (χ3v) is 6.10. The number of imidazole rings is 1. The first kappa shape index (κ1) is 17.6. The van der Waals surface area contributed by atoms with E-state index >= 15 is 0 Å². The number of nitrogens with zero attached hydrogens (tertiary/aromatic N) is 5. The summed E-state index contributed by atoms with van der Waals surface area (Å²) in [5, 5.41) is 11.0. The molecule has 0 unspecified atom stereocenters. The molecule has 1 saturated heterocycles. The fourth-order valence-corrected chi connectivity index (χ4v) is 4.50. The van der Waals surface area contributed by atoms with Gasteiger partial charge < -0.3 is 15.2 Å². The minimum atomic E-state index is 0.728. The molecular formula is C22H24N8. The van der Waals surface area contributed by atoms with Gasteiger partial charge in [0.25, 0.3) is 0 Å². The Balaban J connectivity index is 1.44. The first-order chi connectivity index (χ1) is 14.9. The summed E-state index contributed by atoms with van der Waals surface area (Å²) < 4.78 is 0. The van der Waals surface area contributed by atoms with E-state index in [1.807, 2.05) is 12.4 Å². The predicted octanol–water partition coefficient (Wildman–Crippen LogP) is 3.26. The summed E-state index contributed by atoms with van der Waals surface area (Å²) >= 11 is 0. The molecule has 0 bridgehead atoms. The molecule has 6 rings (SSSR count). The van der Waals surface area contributed by atoms with Crippen molar-refractivity contribution in [3.63, 3.8) is 0 Å². The normalized spacial score (nSPS) is 17.6. The van der Waals surface area contributed by atoms with Crippen molar-refractivity contribution in [2.75, 3.05) is 31.1 Å². The number of hydrogen-bond acceptors (Lipinski definition) is 6. The number of nitrogens with one attached hydrogen (secondary N) is 3. The summed E-state index contributed by atoms with van der Waals surface area (Å²) in [4.78, 5) is 20.1. The number of fused-ring (bicyclic) bond motifs is 2. The number of rotatable bonds is 3. The number of anilines is 1. The van der Waals surface area contributed by atoms with Crippen molar-refractivity contribution >= 4 is 33.3 Å². The first-order valence-electron chi connectivity index (χ1n) is 10.7. The predicted molar refractivity (Wildman–Crippen MR) is 118 cm³/mol. The molecule has 2 aliphatic rings. The molecule has 8 nitrogen and oxygen atoms in total. The number of aromatic amines is 2. The molecule has 30 heavy (non-hydrogen) atoms. The molecule has 0 atom stereocenters. The van der Waals surface area contributed by atoms with Gasteiger partial charge in [-0.3, -0.25) is 10.1 Å². The molecule has 8 heteroatoms. The number of aromatic nitrogens is 6. The van der Waals surface area contributed by atoms with E-state index in [2.05, 4.69) is 48.6 Å². The van der Waals surface area contributed by atoms with E-state index < -0.39 is 0 Å². The Labute approximate surface area is 173 Å². The Hall–Kier alpha value is -3.26. The van der Waals surface area contributed by atoms with Crippen LogP contribution in [-0.4, -0.2) is 56.3 Å². The highest BCUT2D eigenvalue weighted by molar-refractivity contribution is 5.94. The summed E-state index contributed by atoms with van der Waals surface area (Å²) in [6.07, 6.45) is 10.7. The zero-order chi connectivity index (χ0) is 19.9. The lowest BCUT2D eigenvalue weighted by Crippen LogP contribution is -2.29. The molecule has 0 saturated carbocycles. The second-order valence-electron chi connectivity index (χ2n) is 8.04. The third kappa shape index (κ3) is 2.95. The van der Waals surface area contributed by atoms with Crippen molar-refractivity contribution in [3.05, 3.63) is 36.3 Å². The minimum Gasteiger partial charge on any atom is -0.368 e. The molecule has 2 aliphatic heterocycles. The fraction of sp³-hybridized carbons (Fsp3) is 0.364. The SMILES string of the molecule is C1=C(c2ccc3[nH]nc(-c4nc5c(N6CCCCC6)cncc5[nH]4)c3n2)CCNC1. The van der Waals surface area contributed by atoms with E-state index in [9.17, 15) is 0 Å². The molecule has 0 aliphatic carbocycles. The average molecular weight is 400 g/mol. The third-order valence-electron chi connectivity index (χ3n) is 6.10. The van der Waals surface area contributed by atoms with Crippen molar-refractivity contribution in [1.82, 2.24) is 35.5 Å². The van der Waals surface area contributed by atoms with Crippen LogP contribution in [0.4, 0.5) is 5.69 Å². The Kier molecular flexibility index (Phi) is 4.23. The number of pyridine rings is 2. The zero-order valence-electron chi connectivity index (χ0n) is 16.8. The summed E-state index contributed by atoms with van der Waals surface area (Å²) in [5.74, 6) is 0.728. The molecule has 3 N–H and O–H groups in total. The van der Waals surface area contributed by atoms with Gasteiger partial charge in [-0.1, -0.05) is 6.08 Å². The standard InChI is InChI=1S/C22H24N8/c1-2-10-30(11-3-1)18-13-24-12-17-19(18)27-22(26-17)21-20-16(28-29-21)5-4-15(25-20)14-6-8-23-9-7-14/h4-6,12-13,23H,1-3,7-11H2,(H,26,27)(H,28,29). The lowest BCUT2D eigenvalue weighted by Gasteiger charge is -2.28. The van der Waals surface area contributed by atoms with E-state index in [1.54, 1.807) is 0 Å². The van der Waals surface area contributed by atoms with Gasteiger partial charge in [-0.2, -0.15) is 5.10 Å². The monoisotopic (exact) mass is 400 g/mol. The molecular weight excluding hydrogens is 376 g/mol. The summed E-state index contributed by atoms with van der Waals surface area (Å²) in [7, 11) is 0. The molecule has 4 aromatic rings. The van der Waals surface area contributed by atoms with Gasteiger partial charge in [0.2, 0.25) is 0 Å². The minimum absolute atomic E-state index is 0.728. The topological polar surface area (TPSA) is 98.4 Å². The number of hydrogen-bond donors (Lipinski definition) is 3. The van der Waals surface area contributed by atoms with Gasteiger partial charge in [0.1, 0.15) is 11.0 Å². The smallest absolute Gasteiger partial charge is 0.161 e. The van der Waals surface area contributed by atoms with Crippen LogP contribution < -0.4 is 10.2 Å². The highest BCUT2D eigenvalue weighted by Crippen LogP contribution is 2.31. The maximum atomic E-state index is 4.94. The van der Waals surface area contributed by atoms with Crippen LogP contribution in [0, 0.1) is 0 Å². The van der Waals surface area contributed by atoms with Crippen LogP contribution in [0.3, 0.4) is 0 Å². The van der Waals surface area contributed by atoms with Crippen molar-refractivity contribution in [2.24, 2.45) is 0 Å². The molecule has 152 valence electrons.